The Morgan fingerprint density at radius 2 is 1.46 bits per heavy atom. The maximum absolute atomic E-state index is 12.7. The van der Waals surface area contributed by atoms with Crippen LogP contribution in [0.4, 0.5) is 15.6 Å². The highest BCUT2D eigenvalue weighted by atomic mass is 35.5. The number of nitrogens with one attached hydrogen (secondary N) is 3. The number of aromatic nitrogens is 2. The smallest absolute Gasteiger partial charge is 0.338 e. The van der Waals surface area contributed by atoms with E-state index in [1.54, 1.807) is 24.3 Å². The number of unbranched alkanes of at least 4 members (excludes halogenated alkanes) is 13. The Kier molecular flexibility index (Phi) is 17.5. The van der Waals surface area contributed by atoms with Crippen LogP contribution in [0.1, 0.15) is 113 Å². The third-order valence-electron chi connectivity index (χ3n) is 7.67. The topological polar surface area (TPSA) is 149 Å². The minimum absolute atomic E-state index is 0.0605. The largest absolute Gasteiger partial charge is 0.497 e. The van der Waals surface area contributed by atoms with Crippen molar-refractivity contribution in [3.05, 3.63) is 58.6 Å². The summed E-state index contributed by atoms with van der Waals surface area (Å²) in [6.45, 7) is 2.58. The number of hydrazine groups is 1. The van der Waals surface area contributed by atoms with Crippen molar-refractivity contribution in [1.82, 2.24) is 14.8 Å². The number of urea groups is 1. The summed E-state index contributed by atoms with van der Waals surface area (Å²) in [7, 11) is -2.29. The summed E-state index contributed by atoms with van der Waals surface area (Å²) < 4.78 is 39.9. The summed E-state index contributed by atoms with van der Waals surface area (Å²) in [5.41, 5.74) is 5.89. The van der Waals surface area contributed by atoms with Crippen molar-refractivity contribution < 1.29 is 27.5 Å². The van der Waals surface area contributed by atoms with Gasteiger partial charge in [0.2, 0.25) is 15.0 Å². The van der Waals surface area contributed by atoms with Gasteiger partial charge in [-0.3, -0.25) is 5.43 Å². The molecule has 1 aromatic heterocycles. The Balaban J connectivity index is 1.32. The van der Waals surface area contributed by atoms with Gasteiger partial charge in [-0.05, 0) is 42.3 Å². The van der Waals surface area contributed by atoms with E-state index in [4.69, 9.17) is 21.1 Å². The molecule has 3 rings (SSSR count). The summed E-state index contributed by atoms with van der Waals surface area (Å²) in [5.74, 6) is -0.181. The van der Waals surface area contributed by atoms with Gasteiger partial charge in [0.05, 0.1) is 35.7 Å². The van der Waals surface area contributed by atoms with E-state index in [0.29, 0.717) is 17.9 Å². The van der Waals surface area contributed by atoms with Crippen LogP contribution < -0.4 is 20.9 Å². The van der Waals surface area contributed by atoms with Gasteiger partial charge >= 0.3 is 12.0 Å². The van der Waals surface area contributed by atoms with Crippen molar-refractivity contribution in [1.29, 1.82) is 0 Å². The minimum Gasteiger partial charge on any atom is -0.497 e. The van der Waals surface area contributed by atoms with E-state index in [0.717, 1.165) is 30.8 Å². The predicted octanol–water partition coefficient (Wildman–Crippen LogP) is 8.96. The molecule has 0 radical (unpaired) electrons. The van der Waals surface area contributed by atoms with E-state index in [1.165, 1.54) is 95.9 Å². The fourth-order valence-electron chi connectivity index (χ4n) is 4.95. The number of halogens is 1. The fourth-order valence-corrected chi connectivity index (χ4v) is 7.16. The third-order valence-corrected chi connectivity index (χ3v) is 10.2. The van der Waals surface area contributed by atoms with Crippen LogP contribution in [0.25, 0.3) is 0 Å². The molecule has 0 atom stereocenters. The van der Waals surface area contributed by atoms with E-state index >= 15 is 0 Å². The van der Waals surface area contributed by atoms with Gasteiger partial charge in [0.15, 0.2) is 0 Å². The molecule has 2 aromatic carbocycles. The van der Waals surface area contributed by atoms with Crippen LogP contribution in [0.15, 0.2) is 47.6 Å². The number of rotatable bonds is 23. The zero-order valence-corrected chi connectivity index (χ0v) is 30.3. The number of esters is 1. The number of benzene rings is 2. The standard InChI is InChI=1S/C34H48ClN5O6S2/c1-3-4-5-6-7-8-9-10-11-12-13-14-15-16-23-46-31(41)27-19-22-29(35)30(24-27)36-32(42)38-39-33-37-34(40-47-33)48(43,44)25-26-17-20-28(45-2)21-18-26/h17-22,24H,3-16,23,25H2,1-2H3,(H2,36,38,42)(H,37,39,40). The SMILES string of the molecule is CCCCCCCCCCCCCCCCOC(=O)c1ccc(Cl)c(NC(=O)NNc2nc(S(=O)(=O)Cc3ccc(OC)cc3)ns2)c1. The molecule has 0 aliphatic rings. The lowest BCUT2D eigenvalue weighted by atomic mass is 10.0. The lowest BCUT2D eigenvalue weighted by Crippen LogP contribution is -2.33. The lowest BCUT2D eigenvalue weighted by Gasteiger charge is -2.11. The highest BCUT2D eigenvalue weighted by molar-refractivity contribution is 7.90. The maximum atomic E-state index is 12.7. The van der Waals surface area contributed by atoms with Crippen LogP contribution >= 0.6 is 23.1 Å². The first-order valence-corrected chi connectivity index (χ1v) is 19.5. The number of nitrogens with zero attached hydrogens (tertiary/aromatic N) is 2. The second-order valence-corrected chi connectivity index (χ2v) is 14.7. The maximum Gasteiger partial charge on any atom is 0.338 e. The number of ether oxygens (including phenoxy) is 2. The van der Waals surface area contributed by atoms with Crippen molar-refractivity contribution in [2.75, 3.05) is 24.5 Å². The highest BCUT2D eigenvalue weighted by Crippen LogP contribution is 2.24. The minimum atomic E-state index is -3.82. The van der Waals surface area contributed by atoms with Crippen LogP contribution in [0, 0.1) is 0 Å². The second-order valence-electron chi connectivity index (χ2n) is 11.6. The molecule has 0 saturated carbocycles. The number of anilines is 2. The fraction of sp³-hybridized carbons (Fsp3) is 0.529. The molecule has 0 aliphatic carbocycles. The number of methoxy groups -OCH3 is 1. The van der Waals surface area contributed by atoms with E-state index in [9.17, 15) is 18.0 Å². The normalized spacial score (nSPS) is 11.2. The lowest BCUT2D eigenvalue weighted by molar-refractivity contribution is 0.0497. The number of hydrogen-bond acceptors (Lipinski definition) is 10. The third kappa shape index (κ3) is 14.4. The Labute approximate surface area is 293 Å². The first-order valence-electron chi connectivity index (χ1n) is 16.7. The van der Waals surface area contributed by atoms with E-state index < -0.39 is 21.8 Å². The van der Waals surface area contributed by atoms with Crippen LogP contribution in [-0.4, -0.2) is 43.5 Å². The molecule has 14 heteroatoms. The van der Waals surface area contributed by atoms with Gasteiger partial charge in [-0.15, -0.1) is 0 Å². The molecular formula is C34H48ClN5O6S2. The molecule has 0 spiro atoms. The van der Waals surface area contributed by atoms with Crippen LogP contribution in [0.3, 0.4) is 0 Å². The Bertz CT molecular complexity index is 1520. The number of sulfone groups is 1. The number of carbonyl (C=O) groups is 2. The monoisotopic (exact) mass is 721 g/mol. The Morgan fingerprint density at radius 1 is 0.854 bits per heavy atom. The second kappa shape index (κ2) is 21.5. The van der Waals surface area contributed by atoms with Crippen molar-refractivity contribution in [2.24, 2.45) is 0 Å². The summed E-state index contributed by atoms with van der Waals surface area (Å²) in [5, 5.41) is 2.47. The molecule has 11 nitrogen and oxygen atoms in total. The van der Waals surface area contributed by atoms with Crippen molar-refractivity contribution in [3.63, 3.8) is 0 Å². The van der Waals surface area contributed by atoms with Crippen molar-refractivity contribution in [3.8, 4) is 5.75 Å². The van der Waals surface area contributed by atoms with Gasteiger partial charge < -0.3 is 14.8 Å². The van der Waals surface area contributed by atoms with Crippen molar-refractivity contribution >= 4 is 55.8 Å². The molecule has 0 unspecified atom stereocenters. The first kappa shape index (κ1) is 39.0. The number of amides is 2. The molecule has 0 bridgehead atoms. The Hall–Kier alpha value is -3.42. The molecule has 2 amide bonds. The van der Waals surface area contributed by atoms with E-state index in [1.807, 2.05) is 0 Å². The molecule has 0 saturated heterocycles. The number of carbonyl (C=O) groups excluding carboxylic acids is 2. The molecule has 264 valence electrons. The predicted molar refractivity (Wildman–Crippen MR) is 192 cm³/mol. The zero-order chi connectivity index (χ0) is 34.6. The van der Waals surface area contributed by atoms with Gasteiger partial charge in [0.1, 0.15) is 5.75 Å². The first-order chi connectivity index (χ1) is 23.2. The summed E-state index contributed by atoms with van der Waals surface area (Å²) in [6.07, 6.45) is 17.5. The average molecular weight is 722 g/mol. The zero-order valence-electron chi connectivity index (χ0n) is 27.9. The molecule has 0 fully saturated rings. The highest BCUT2D eigenvalue weighted by Gasteiger charge is 2.22. The molecule has 3 N–H and O–H groups in total. The van der Waals surface area contributed by atoms with Gasteiger partial charge in [0, 0.05) is 11.5 Å². The van der Waals surface area contributed by atoms with Crippen LogP contribution in [0.5, 0.6) is 5.75 Å². The van der Waals surface area contributed by atoms with E-state index in [-0.39, 0.29) is 32.3 Å². The van der Waals surface area contributed by atoms with Gasteiger partial charge in [-0.1, -0.05) is 114 Å². The number of hydrogen-bond donors (Lipinski definition) is 3. The van der Waals surface area contributed by atoms with Gasteiger partial charge in [-0.25, -0.2) is 23.4 Å². The molecular weight excluding hydrogens is 674 g/mol. The molecule has 48 heavy (non-hydrogen) atoms. The summed E-state index contributed by atoms with van der Waals surface area (Å²) in [4.78, 5) is 29.1. The molecule has 0 aliphatic heterocycles. The molecule has 1 heterocycles. The van der Waals surface area contributed by atoms with Gasteiger partial charge in [0.25, 0.3) is 5.16 Å². The van der Waals surface area contributed by atoms with Crippen LogP contribution in [0.2, 0.25) is 5.02 Å². The van der Waals surface area contributed by atoms with Crippen molar-refractivity contribution in [2.45, 2.75) is 108 Å². The van der Waals surface area contributed by atoms with Gasteiger partial charge in [-0.2, -0.15) is 9.36 Å². The quantitative estimate of drug-likeness (QED) is 0.0496. The summed E-state index contributed by atoms with van der Waals surface area (Å²) >= 11 is 7.01. The molecule has 3 aromatic rings. The average Bonchev–Trinajstić information content (AvgIpc) is 3.57. The van der Waals surface area contributed by atoms with Crippen LogP contribution in [-0.2, 0) is 20.3 Å². The van der Waals surface area contributed by atoms with E-state index in [2.05, 4.69) is 32.4 Å². The Morgan fingerprint density at radius 3 is 2.06 bits per heavy atom. The summed E-state index contributed by atoms with van der Waals surface area (Å²) in [6, 6.07) is 10.4.